The van der Waals surface area contributed by atoms with Crippen LogP contribution in [0.4, 0.5) is 11.6 Å². The first-order valence-electron chi connectivity index (χ1n) is 10.2. The Morgan fingerprint density at radius 1 is 1.33 bits per heavy atom. The van der Waals surface area contributed by atoms with Gasteiger partial charge in [-0.2, -0.15) is 5.26 Å². The minimum absolute atomic E-state index is 0.148. The summed E-state index contributed by atoms with van der Waals surface area (Å²) in [6.45, 7) is 5.63. The van der Waals surface area contributed by atoms with Crippen molar-refractivity contribution < 1.29 is 0 Å². The van der Waals surface area contributed by atoms with Gasteiger partial charge in [0.15, 0.2) is 0 Å². The van der Waals surface area contributed by atoms with Crippen molar-refractivity contribution >= 4 is 34.1 Å². The fraction of sp³-hybridized carbons (Fsp3) is 0.348. The van der Waals surface area contributed by atoms with Crippen LogP contribution in [0.1, 0.15) is 37.8 Å². The van der Waals surface area contributed by atoms with E-state index in [9.17, 15) is 10.1 Å². The summed E-state index contributed by atoms with van der Waals surface area (Å²) in [5, 5.41) is 14.3. The number of hydrogen-bond acceptors (Lipinski definition) is 5. The van der Waals surface area contributed by atoms with Crippen molar-refractivity contribution in [3.05, 3.63) is 62.9 Å². The number of aromatic amines is 1. The number of nitrogens with one attached hydrogen (secondary N) is 2. The maximum absolute atomic E-state index is 12.4. The molecule has 6 nitrogen and oxygen atoms in total. The lowest BCUT2D eigenvalue weighted by Gasteiger charge is -2.29. The molecule has 30 heavy (non-hydrogen) atoms. The molecule has 2 N–H and O–H groups in total. The summed E-state index contributed by atoms with van der Waals surface area (Å²) in [6.07, 6.45) is 2.21. The van der Waals surface area contributed by atoms with Crippen LogP contribution in [-0.2, 0) is 6.54 Å². The van der Waals surface area contributed by atoms with Gasteiger partial charge in [0.2, 0.25) is 0 Å². The van der Waals surface area contributed by atoms with Crippen molar-refractivity contribution in [1.82, 2.24) is 9.97 Å². The molecule has 7 heteroatoms. The summed E-state index contributed by atoms with van der Waals surface area (Å²) in [5.74, 6) is 1.85. The summed E-state index contributed by atoms with van der Waals surface area (Å²) < 4.78 is 0. The van der Waals surface area contributed by atoms with Gasteiger partial charge in [-0.25, -0.2) is 4.98 Å². The quantitative estimate of drug-likeness (QED) is 0.624. The van der Waals surface area contributed by atoms with E-state index in [1.54, 1.807) is 24.3 Å². The molecule has 0 bridgehead atoms. The molecule has 0 spiro atoms. The average molecular weight is 422 g/mol. The summed E-state index contributed by atoms with van der Waals surface area (Å²) in [6, 6.07) is 13.5. The van der Waals surface area contributed by atoms with Crippen LogP contribution in [0.25, 0.3) is 10.9 Å². The molecule has 3 aromatic rings. The number of rotatable bonds is 5. The van der Waals surface area contributed by atoms with E-state index in [0.29, 0.717) is 40.5 Å². The van der Waals surface area contributed by atoms with Crippen LogP contribution in [-0.4, -0.2) is 22.6 Å². The van der Waals surface area contributed by atoms with Gasteiger partial charge in [-0.15, -0.1) is 0 Å². The Morgan fingerprint density at radius 2 is 2.17 bits per heavy atom. The van der Waals surface area contributed by atoms with Crippen molar-refractivity contribution in [2.75, 3.05) is 16.8 Å². The lowest BCUT2D eigenvalue weighted by Crippen LogP contribution is -2.34. The first-order valence-corrected chi connectivity index (χ1v) is 10.6. The molecular weight excluding hydrogens is 398 g/mol. The zero-order valence-electron chi connectivity index (χ0n) is 17.1. The van der Waals surface area contributed by atoms with Crippen molar-refractivity contribution in [2.45, 2.75) is 39.3 Å². The molecule has 0 radical (unpaired) electrons. The average Bonchev–Trinajstić information content (AvgIpc) is 3.22. The molecule has 1 aliphatic heterocycles. The van der Waals surface area contributed by atoms with Gasteiger partial charge in [-0.1, -0.05) is 25.4 Å². The van der Waals surface area contributed by atoms with E-state index in [-0.39, 0.29) is 5.56 Å². The largest absolute Gasteiger partial charge is 0.366 e. The van der Waals surface area contributed by atoms with Crippen molar-refractivity contribution in [3.8, 4) is 6.07 Å². The predicted molar refractivity (Wildman–Crippen MR) is 121 cm³/mol. The molecule has 3 heterocycles. The number of anilines is 2. The minimum atomic E-state index is -0.148. The fourth-order valence-corrected chi connectivity index (χ4v) is 4.32. The number of pyridine rings is 2. The minimum Gasteiger partial charge on any atom is -0.366 e. The molecule has 0 saturated carbocycles. The molecular formula is C23H24ClN5O. The van der Waals surface area contributed by atoms with Gasteiger partial charge >= 0.3 is 0 Å². The highest BCUT2D eigenvalue weighted by Crippen LogP contribution is 2.31. The lowest BCUT2D eigenvalue weighted by atomic mass is 10.0. The van der Waals surface area contributed by atoms with Crippen molar-refractivity contribution in [3.63, 3.8) is 0 Å². The third-order valence-electron chi connectivity index (χ3n) is 5.68. The van der Waals surface area contributed by atoms with E-state index in [1.165, 1.54) is 0 Å². The molecule has 1 saturated heterocycles. The number of nitriles is 1. The van der Waals surface area contributed by atoms with Crippen LogP contribution in [0.5, 0.6) is 0 Å². The van der Waals surface area contributed by atoms with E-state index >= 15 is 0 Å². The van der Waals surface area contributed by atoms with Gasteiger partial charge in [0, 0.05) is 40.6 Å². The highest BCUT2D eigenvalue weighted by atomic mass is 35.5. The highest BCUT2D eigenvalue weighted by molar-refractivity contribution is 6.31. The second-order valence-corrected chi connectivity index (χ2v) is 8.47. The molecule has 1 fully saturated rings. The van der Waals surface area contributed by atoms with Crippen LogP contribution >= 0.6 is 11.6 Å². The predicted octanol–water partition coefficient (Wildman–Crippen LogP) is 4.69. The third kappa shape index (κ3) is 3.99. The number of fused-ring (bicyclic) bond motifs is 1. The Labute approximate surface area is 180 Å². The Morgan fingerprint density at radius 3 is 2.93 bits per heavy atom. The van der Waals surface area contributed by atoms with E-state index in [4.69, 9.17) is 16.6 Å². The maximum Gasteiger partial charge on any atom is 0.253 e. The summed E-state index contributed by atoms with van der Waals surface area (Å²) >= 11 is 6.08. The molecule has 4 rings (SSSR count). The number of benzene rings is 1. The Balaban J connectivity index is 1.60. The second kappa shape index (κ2) is 8.37. The number of H-pyrrole nitrogens is 1. The van der Waals surface area contributed by atoms with E-state index in [0.717, 1.165) is 36.1 Å². The monoisotopic (exact) mass is 421 g/mol. The molecule has 2 aromatic heterocycles. The number of nitrogens with zero attached hydrogens (tertiary/aromatic N) is 3. The smallest absolute Gasteiger partial charge is 0.253 e. The van der Waals surface area contributed by atoms with Crippen LogP contribution < -0.4 is 15.8 Å². The molecule has 1 atom stereocenters. The number of aromatic nitrogens is 2. The van der Waals surface area contributed by atoms with Crippen LogP contribution in [0.3, 0.4) is 0 Å². The first kappa shape index (κ1) is 20.2. The maximum atomic E-state index is 12.4. The summed E-state index contributed by atoms with van der Waals surface area (Å²) in [5.41, 5.74) is 1.77. The van der Waals surface area contributed by atoms with Crippen LogP contribution in [0, 0.1) is 17.2 Å². The molecule has 1 unspecified atom stereocenters. The van der Waals surface area contributed by atoms with Gasteiger partial charge < -0.3 is 15.2 Å². The standard InChI is InChI=1S/C23H24ClN5O/c1-14(2)20-4-3-9-29(20)22-15(12-25)5-8-21(28-22)26-13-17-10-16-11-18(24)6-7-19(16)27-23(17)30/h5-8,10-11,14,20H,3-4,9,13H2,1-2H3,(H,26,28)(H,27,30). The van der Waals surface area contributed by atoms with Gasteiger partial charge in [0.05, 0.1) is 5.56 Å². The summed E-state index contributed by atoms with van der Waals surface area (Å²) in [4.78, 5) is 22.3. The van der Waals surface area contributed by atoms with Crippen molar-refractivity contribution in [2.24, 2.45) is 5.92 Å². The van der Waals surface area contributed by atoms with Crippen LogP contribution in [0.15, 0.2) is 41.2 Å². The lowest BCUT2D eigenvalue weighted by molar-refractivity contribution is 0.489. The Kier molecular flexibility index (Phi) is 5.65. The SMILES string of the molecule is CC(C)C1CCCN1c1nc(NCc2cc3cc(Cl)ccc3[nH]c2=O)ccc1C#N. The van der Waals surface area contributed by atoms with Gasteiger partial charge in [0.25, 0.3) is 5.56 Å². The molecule has 0 aliphatic carbocycles. The van der Waals surface area contributed by atoms with Crippen LogP contribution in [0.2, 0.25) is 5.02 Å². The molecule has 1 aliphatic rings. The van der Waals surface area contributed by atoms with Gasteiger partial charge in [-0.3, -0.25) is 4.79 Å². The highest BCUT2D eigenvalue weighted by Gasteiger charge is 2.29. The van der Waals surface area contributed by atoms with E-state index < -0.39 is 0 Å². The van der Waals surface area contributed by atoms with E-state index in [1.807, 2.05) is 12.1 Å². The number of halogens is 1. The summed E-state index contributed by atoms with van der Waals surface area (Å²) in [7, 11) is 0. The zero-order valence-corrected chi connectivity index (χ0v) is 17.8. The molecule has 1 aromatic carbocycles. The topological polar surface area (TPSA) is 84.8 Å². The molecule has 0 amide bonds. The number of hydrogen-bond donors (Lipinski definition) is 2. The third-order valence-corrected chi connectivity index (χ3v) is 5.91. The van der Waals surface area contributed by atoms with Crippen molar-refractivity contribution in [1.29, 1.82) is 5.26 Å². The normalized spacial score (nSPS) is 16.2. The zero-order chi connectivity index (χ0) is 21.3. The molecule has 154 valence electrons. The van der Waals surface area contributed by atoms with Gasteiger partial charge in [0.1, 0.15) is 17.7 Å². The second-order valence-electron chi connectivity index (χ2n) is 8.04. The van der Waals surface area contributed by atoms with Gasteiger partial charge in [-0.05, 0) is 55.2 Å². The fourth-order valence-electron chi connectivity index (χ4n) is 4.14. The first-order chi connectivity index (χ1) is 14.5. The Bertz CT molecular complexity index is 1180. The van der Waals surface area contributed by atoms with E-state index in [2.05, 4.69) is 35.1 Å². The Hall–Kier alpha value is -3.04.